The zero-order valence-electron chi connectivity index (χ0n) is 12.5. The number of benzene rings is 1. The van der Waals surface area contributed by atoms with Gasteiger partial charge in [0.05, 0.1) is 0 Å². The molecule has 0 bridgehead atoms. The van der Waals surface area contributed by atoms with Crippen molar-refractivity contribution in [2.75, 3.05) is 6.54 Å². The highest BCUT2D eigenvalue weighted by Gasteiger charge is 2.16. The Morgan fingerprint density at radius 3 is 2.56 bits per heavy atom. The minimum absolute atomic E-state index is 0.617. The third kappa shape index (κ3) is 5.22. The Morgan fingerprint density at radius 2 is 1.94 bits per heavy atom. The van der Waals surface area contributed by atoms with Gasteiger partial charge in [-0.2, -0.15) is 0 Å². The zero-order chi connectivity index (χ0) is 13.4. The van der Waals surface area contributed by atoms with Gasteiger partial charge in [-0.25, -0.2) is 0 Å². The molecule has 0 saturated heterocycles. The first-order valence-corrected chi connectivity index (χ1v) is 7.46. The van der Waals surface area contributed by atoms with Crippen LogP contribution >= 0.6 is 0 Å². The molecule has 102 valence electrons. The summed E-state index contributed by atoms with van der Waals surface area (Å²) in [7, 11) is 0. The van der Waals surface area contributed by atoms with Crippen molar-refractivity contribution in [3.8, 4) is 0 Å². The first kappa shape index (κ1) is 15.2. The molecule has 1 aromatic rings. The van der Waals surface area contributed by atoms with Gasteiger partial charge in [0.15, 0.2) is 0 Å². The second kappa shape index (κ2) is 8.31. The highest BCUT2D eigenvalue weighted by molar-refractivity contribution is 5.23. The van der Waals surface area contributed by atoms with Crippen molar-refractivity contribution in [2.24, 2.45) is 5.92 Å². The second-order valence-electron chi connectivity index (χ2n) is 5.52. The molecule has 2 atom stereocenters. The fourth-order valence-electron chi connectivity index (χ4n) is 2.55. The maximum Gasteiger partial charge on any atom is 0.0133 e. The lowest BCUT2D eigenvalue weighted by Gasteiger charge is -2.25. The van der Waals surface area contributed by atoms with Crippen LogP contribution in [-0.2, 0) is 6.42 Å². The first-order valence-electron chi connectivity index (χ1n) is 7.46. The van der Waals surface area contributed by atoms with Gasteiger partial charge in [0.25, 0.3) is 0 Å². The van der Waals surface area contributed by atoms with Gasteiger partial charge in [-0.1, -0.05) is 57.0 Å². The fourth-order valence-corrected chi connectivity index (χ4v) is 2.55. The summed E-state index contributed by atoms with van der Waals surface area (Å²) in [5.74, 6) is 0.752. The first-order chi connectivity index (χ1) is 8.67. The van der Waals surface area contributed by atoms with Crippen molar-refractivity contribution < 1.29 is 0 Å². The topological polar surface area (TPSA) is 12.0 Å². The van der Waals surface area contributed by atoms with Crippen LogP contribution in [0.1, 0.15) is 51.2 Å². The predicted molar refractivity (Wildman–Crippen MR) is 81.0 cm³/mol. The van der Waals surface area contributed by atoms with E-state index in [9.17, 15) is 0 Å². The average molecular weight is 247 g/mol. The van der Waals surface area contributed by atoms with Crippen LogP contribution < -0.4 is 5.32 Å². The van der Waals surface area contributed by atoms with Crippen molar-refractivity contribution in [3.63, 3.8) is 0 Å². The van der Waals surface area contributed by atoms with E-state index >= 15 is 0 Å². The molecule has 0 aliphatic heterocycles. The van der Waals surface area contributed by atoms with Crippen LogP contribution in [-0.4, -0.2) is 12.6 Å². The smallest absolute Gasteiger partial charge is 0.0133 e. The van der Waals surface area contributed by atoms with Crippen LogP contribution in [0.2, 0.25) is 0 Å². The zero-order valence-corrected chi connectivity index (χ0v) is 12.5. The van der Waals surface area contributed by atoms with Gasteiger partial charge in [-0.15, -0.1) is 0 Å². The summed E-state index contributed by atoms with van der Waals surface area (Å²) in [5.41, 5.74) is 2.83. The molecular formula is C17H29N. The molecular weight excluding hydrogens is 218 g/mol. The quantitative estimate of drug-likeness (QED) is 0.720. The van der Waals surface area contributed by atoms with E-state index in [-0.39, 0.29) is 0 Å². The normalized spacial score (nSPS) is 14.4. The summed E-state index contributed by atoms with van der Waals surface area (Å²) in [5, 5.41) is 3.72. The molecule has 0 radical (unpaired) electrons. The van der Waals surface area contributed by atoms with E-state index in [0.717, 1.165) is 18.9 Å². The van der Waals surface area contributed by atoms with Gasteiger partial charge in [0, 0.05) is 6.04 Å². The van der Waals surface area contributed by atoms with Gasteiger partial charge in [0.2, 0.25) is 0 Å². The maximum absolute atomic E-state index is 3.72. The van der Waals surface area contributed by atoms with Crippen molar-refractivity contribution in [2.45, 2.75) is 59.4 Å². The van der Waals surface area contributed by atoms with E-state index in [1.165, 1.54) is 30.4 Å². The minimum atomic E-state index is 0.617. The number of hydrogen-bond acceptors (Lipinski definition) is 1. The third-order valence-electron chi connectivity index (χ3n) is 3.63. The average Bonchev–Trinajstić information content (AvgIpc) is 2.34. The van der Waals surface area contributed by atoms with Crippen molar-refractivity contribution >= 4 is 0 Å². The molecule has 0 heterocycles. The molecule has 0 fully saturated rings. The molecule has 0 amide bonds. The molecule has 2 unspecified atom stereocenters. The Kier molecular flexibility index (Phi) is 7.04. The van der Waals surface area contributed by atoms with Gasteiger partial charge in [0.1, 0.15) is 0 Å². The second-order valence-corrected chi connectivity index (χ2v) is 5.52. The molecule has 1 rings (SSSR count). The summed E-state index contributed by atoms with van der Waals surface area (Å²) < 4.78 is 0. The predicted octanol–water partition coefficient (Wildman–Crippen LogP) is 4.34. The Balaban J connectivity index is 2.64. The van der Waals surface area contributed by atoms with E-state index in [1.807, 2.05) is 0 Å². The van der Waals surface area contributed by atoms with Gasteiger partial charge >= 0.3 is 0 Å². The van der Waals surface area contributed by atoms with Crippen molar-refractivity contribution in [1.29, 1.82) is 0 Å². The summed E-state index contributed by atoms with van der Waals surface area (Å²) in [4.78, 5) is 0. The fraction of sp³-hybridized carbons (Fsp3) is 0.647. The van der Waals surface area contributed by atoms with E-state index < -0.39 is 0 Å². The monoisotopic (exact) mass is 247 g/mol. The van der Waals surface area contributed by atoms with Crippen LogP contribution in [0.15, 0.2) is 24.3 Å². The Hall–Kier alpha value is -0.820. The number of aryl methyl sites for hydroxylation is 1. The summed E-state index contributed by atoms with van der Waals surface area (Å²) in [6.07, 6.45) is 4.96. The minimum Gasteiger partial charge on any atom is -0.313 e. The molecule has 0 aromatic heterocycles. The third-order valence-corrected chi connectivity index (χ3v) is 3.63. The van der Waals surface area contributed by atoms with Gasteiger partial charge in [-0.05, 0) is 44.2 Å². The van der Waals surface area contributed by atoms with Crippen LogP contribution in [0.5, 0.6) is 0 Å². The van der Waals surface area contributed by atoms with Crippen LogP contribution in [0, 0.1) is 12.8 Å². The molecule has 0 saturated carbocycles. The Labute approximate surface area is 113 Å². The molecule has 0 aliphatic carbocycles. The highest BCUT2D eigenvalue weighted by atomic mass is 14.9. The summed E-state index contributed by atoms with van der Waals surface area (Å²) in [6, 6.07) is 9.54. The number of rotatable bonds is 8. The lowest BCUT2D eigenvalue weighted by Crippen LogP contribution is -2.37. The maximum atomic E-state index is 3.72. The molecule has 1 heteroatoms. The van der Waals surface area contributed by atoms with Crippen LogP contribution in [0.3, 0.4) is 0 Å². The van der Waals surface area contributed by atoms with E-state index in [0.29, 0.717) is 6.04 Å². The SMILES string of the molecule is CCCNC(Cc1cccc(C)c1)C(C)CCC. The van der Waals surface area contributed by atoms with E-state index in [4.69, 9.17) is 0 Å². The van der Waals surface area contributed by atoms with E-state index in [2.05, 4.69) is 57.3 Å². The highest BCUT2D eigenvalue weighted by Crippen LogP contribution is 2.16. The summed E-state index contributed by atoms with van der Waals surface area (Å²) in [6.45, 7) is 10.2. The molecule has 1 aromatic carbocycles. The van der Waals surface area contributed by atoms with Crippen molar-refractivity contribution in [3.05, 3.63) is 35.4 Å². The molecule has 1 N–H and O–H groups in total. The number of nitrogens with one attached hydrogen (secondary N) is 1. The van der Waals surface area contributed by atoms with Crippen LogP contribution in [0.25, 0.3) is 0 Å². The molecule has 18 heavy (non-hydrogen) atoms. The Bertz CT molecular complexity index is 332. The summed E-state index contributed by atoms with van der Waals surface area (Å²) >= 11 is 0. The Morgan fingerprint density at radius 1 is 1.17 bits per heavy atom. The number of hydrogen-bond donors (Lipinski definition) is 1. The standard InChI is InChI=1S/C17H29N/c1-5-8-15(4)17(18-11-6-2)13-16-10-7-9-14(3)12-16/h7,9-10,12,15,17-18H,5-6,8,11,13H2,1-4H3. The molecule has 1 nitrogen and oxygen atoms in total. The van der Waals surface area contributed by atoms with Crippen LogP contribution in [0.4, 0.5) is 0 Å². The van der Waals surface area contributed by atoms with Gasteiger partial charge < -0.3 is 5.32 Å². The van der Waals surface area contributed by atoms with Crippen molar-refractivity contribution in [1.82, 2.24) is 5.32 Å². The van der Waals surface area contributed by atoms with E-state index in [1.54, 1.807) is 0 Å². The molecule has 0 aliphatic rings. The molecule has 0 spiro atoms. The lowest BCUT2D eigenvalue weighted by molar-refractivity contribution is 0.352. The lowest BCUT2D eigenvalue weighted by atomic mass is 9.91. The largest absolute Gasteiger partial charge is 0.313 e. The van der Waals surface area contributed by atoms with Gasteiger partial charge in [-0.3, -0.25) is 0 Å².